The second kappa shape index (κ2) is 6.59. The number of fused-ring (bicyclic) bond motifs is 1. The van der Waals surface area contributed by atoms with Crippen LogP contribution in [0.2, 0.25) is 0 Å². The molecule has 1 N–H and O–H groups in total. The Kier molecular flexibility index (Phi) is 4.12. The molecule has 0 saturated heterocycles. The van der Waals surface area contributed by atoms with Gasteiger partial charge in [0.2, 0.25) is 0 Å². The number of hydrogen-bond donors (Lipinski definition) is 1. The van der Waals surface area contributed by atoms with Crippen LogP contribution in [-0.2, 0) is 0 Å². The lowest BCUT2D eigenvalue weighted by Gasteiger charge is -2.28. The molecule has 1 aliphatic heterocycles. The summed E-state index contributed by atoms with van der Waals surface area (Å²) in [6.45, 7) is 0. The van der Waals surface area contributed by atoms with E-state index in [2.05, 4.69) is 43.3 Å². The van der Waals surface area contributed by atoms with Crippen LogP contribution < -0.4 is 0 Å². The third kappa shape index (κ3) is 2.52. The molecule has 3 aromatic rings. The summed E-state index contributed by atoms with van der Waals surface area (Å²) < 4.78 is 0.703. The number of nitrogens with zero attached hydrogens (tertiary/aromatic N) is 4. The molecule has 4 rings (SSSR count). The number of nitrogens with one attached hydrogen (secondary N) is 1. The van der Waals surface area contributed by atoms with Gasteiger partial charge < -0.3 is 0 Å². The first-order chi connectivity index (χ1) is 12.7. The van der Waals surface area contributed by atoms with E-state index in [1.54, 1.807) is 12.3 Å². The van der Waals surface area contributed by atoms with Crippen molar-refractivity contribution in [1.82, 2.24) is 10.2 Å². The molecule has 0 saturated carbocycles. The third-order valence-corrected chi connectivity index (χ3v) is 5.42. The van der Waals surface area contributed by atoms with Crippen LogP contribution in [0.5, 0.6) is 0 Å². The summed E-state index contributed by atoms with van der Waals surface area (Å²) in [5, 5.41) is 26.4. The highest BCUT2D eigenvalue weighted by Gasteiger charge is 2.37. The van der Waals surface area contributed by atoms with Gasteiger partial charge in [0.15, 0.2) is 5.82 Å². The van der Waals surface area contributed by atoms with E-state index in [1.165, 1.54) is 0 Å². The van der Waals surface area contributed by atoms with Gasteiger partial charge in [0.25, 0.3) is 0 Å². The van der Waals surface area contributed by atoms with E-state index in [1.807, 2.05) is 42.5 Å². The zero-order chi connectivity index (χ0) is 18.1. The van der Waals surface area contributed by atoms with E-state index in [9.17, 15) is 10.5 Å². The molecule has 1 aliphatic rings. The molecular formula is C20H12BrN5. The Labute approximate surface area is 158 Å². The molecule has 0 fully saturated rings. The van der Waals surface area contributed by atoms with Crippen molar-refractivity contribution >= 4 is 27.5 Å². The lowest BCUT2D eigenvalue weighted by Crippen LogP contribution is -2.26. The maximum atomic E-state index is 9.99. The van der Waals surface area contributed by atoms with Gasteiger partial charge in [-0.15, -0.1) is 0 Å². The average Bonchev–Trinajstić information content (AvgIpc) is 3.16. The maximum absolute atomic E-state index is 9.99. The number of H-pyrrole nitrogens is 1. The number of aromatic amines is 1. The Hall–Kier alpha value is -3.22. The highest BCUT2D eigenvalue weighted by atomic mass is 79.9. The van der Waals surface area contributed by atoms with Gasteiger partial charge in [0, 0.05) is 16.0 Å². The Bertz CT molecular complexity index is 1090. The SMILES string of the molecule is N#Cc1cccc(C2c3cn[nH]c3N=C(c3ccccc3)C2C#N)c1Br. The first kappa shape index (κ1) is 16.3. The molecule has 5 nitrogen and oxygen atoms in total. The second-order valence-electron chi connectivity index (χ2n) is 5.94. The van der Waals surface area contributed by atoms with Gasteiger partial charge in [-0.3, -0.25) is 5.10 Å². The minimum Gasteiger partial charge on any atom is -0.261 e. The van der Waals surface area contributed by atoms with Crippen molar-refractivity contribution in [2.45, 2.75) is 5.92 Å². The van der Waals surface area contributed by atoms with Crippen molar-refractivity contribution < 1.29 is 0 Å². The van der Waals surface area contributed by atoms with Crippen molar-refractivity contribution in [3.05, 3.63) is 81.5 Å². The topological polar surface area (TPSA) is 88.6 Å². The molecule has 1 aromatic heterocycles. The van der Waals surface area contributed by atoms with Gasteiger partial charge in [-0.2, -0.15) is 15.6 Å². The first-order valence-corrected chi connectivity index (χ1v) is 8.79. The lowest BCUT2D eigenvalue weighted by atomic mass is 9.76. The van der Waals surface area contributed by atoms with Crippen LogP contribution in [-0.4, -0.2) is 15.9 Å². The summed E-state index contributed by atoms with van der Waals surface area (Å²) in [5.41, 5.74) is 3.86. The molecule has 6 heteroatoms. The zero-order valence-corrected chi connectivity index (χ0v) is 15.1. The van der Waals surface area contributed by atoms with Gasteiger partial charge in [-0.1, -0.05) is 42.5 Å². The summed E-state index contributed by atoms with van der Waals surface area (Å²) in [6.07, 6.45) is 1.71. The fraction of sp³-hybridized carbons (Fsp3) is 0.100. The van der Waals surface area contributed by atoms with Crippen LogP contribution in [0.3, 0.4) is 0 Å². The maximum Gasteiger partial charge on any atom is 0.152 e. The fourth-order valence-corrected chi connectivity index (χ4v) is 3.95. The van der Waals surface area contributed by atoms with E-state index < -0.39 is 5.92 Å². The van der Waals surface area contributed by atoms with Crippen molar-refractivity contribution in [2.75, 3.05) is 0 Å². The van der Waals surface area contributed by atoms with E-state index in [0.29, 0.717) is 21.6 Å². The molecule has 0 bridgehead atoms. The monoisotopic (exact) mass is 401 g/mol. The van der Waals surface area contributed by atoms with Crippen LogP contribution in [0.25, 0.3) is 0 Å². The number of aliphatic imine (C=N–C) groups is 1. The summed E-state index contributed by atoms with van der Waals surface area (Å²) in [4.78, 5) is 4.67. The third-order valence-electron chi connectivity index (χ3n) is 4.54. The highest BCUT2D eigenvalue weighted by molar-refractivity contribution is 9.10. The number of rotatable bonds is 2. The van der Waals surface area contributed by atoms with E-state index in [4.69, 9.17) is 0 Å². The van der Waals surface area contributed by atoms with Gasteiger partial charge in [-0.05, 0) is 33.1 Å². The molecule has 124 valence electrons. The van der Waals surface area contributed by atoms with Crippen LogP contribution in [0.1, 0.15) is 28.2 Å². The molecule has 2 unspecified atom stereocenters. The normalized spacial score (nSPS) is 18.3. The minimum atomic E-state index is -0.493. The fourth-order valence-electron chi connectivity index (χ4n) is 3.35. The quantitative estimate of drug-likeness (QED) is 0.687. The largest absolute Gasteiger partial charge is 0.261 e. The van der Waals surface area contributed by atoms with Gasteiger partial charge >= 0.3 is 0 Å². The van der Waals surface area contributed by atoms with E-state index >= 15 is 0 Å². The summed E-state index contributed by atoms with van der Waals surface area (Å²) in [6, 6.07) is 19.8. The summed E-state index contributed by atoms with van der Waals surface area (Å²) in [5.74, 6) is -0.119. The smallest absolute Gasteiger partial charge is 0.152 e. The standard InChI is InChI=1S/C20H12BrN5/c21-18-13(9-22)7-4-8-14(18)17-15(10-23)19(12-5-2-1-3-6-12)25-20-16(17)11-24-26-20/h1-8,11,15,17H,(H,24,26). The molecule has 0 radical (unpaired) electrons. The molecule has 2 atom stereocenters. The predicted octanol–water partition coefficient (Wildman–Crippen LogP) is 4.45. The Balaban J connectivity index is 1.95. The number of hydrogen-bond acceptors (Lipinski definition) is 4. The van der Waals surface area contributed by atoms with Crippen molar-refractivity contribution in [3.63, 3.8) is 0 Å². The molecular weight excluding hydrogens is 390 g/mol. The van der Waals surface area contributed by atoms with E-state index in [0.717, 1.165) is 16.7 Å². The minimum absolute atomic E-state index is 0.274. The number of aromatic nitrogens is 2. The highest BCUT2D eigenvalue weighted by Crippen LogP contribution is 2.44. The molecule has 26 heavy (non-hydrogen) atoms. The van der Waals surface area contributed by atoms with Crippen molar-refractivity contribution in [1.29, 1.82) is 10.5 Å². The number of nitriles is 2. The van der Waals surface area contributed by atoms with Gasteiger partial charge in [0.1, 0.15) is 12.0 Å². The van der Waals surface area contributed by atoms with Crippen LogP contribution in [0.4, 0.5) is 5.82 Å². The Morgan fingerprint density at radius 1 is 1.00 bits per heavy atom. The van der Waals surface area contributed by atoms with Crippen molar-refractivity contribution in [3.8, 4) is 12.1 Å². The zero-order valence-electron chi connectivity index (χ0n) is 13.5. The van der Waals surface area contributed by atoms with Gasteiger partial charge in [0.05, 0.1) is 23.5 Å². The second-order valence-corrected chi connectivity index (χ2v) is 6.74. The molecule has 0 aliphatic carbocycles. The molecule has 0 spiro atoms. The molecule has 0 amide bonds. The molecule has 2 aromatic carbocycles. The van der Waals surface area contributed by atoms with Crippen LogP contribution in [0.15, 0.2) is 64.2 Å². The lowest BCUT2D eigenvalue weighted by molar-refractivity contribution is 0.716. The predicted molar refractivity (Wildman–Crippen MR) is 101 cm³/mol. The van der Waals surface area contributed by atoms with Crippen LogP contribution in [0, 0.1) is 28.6 Å². The van der Waals surface area contributed by atoms with E-state index in [-0.39, 0.29) is 5.92 Å². The molecule has 2 heterocycles. The van der Waals surface area contributed by atoms with Crippen molar-refractivity contribution in [2.24, 2.45) is 10.9 Å². The summed E-state index contributed by atoms with van der Waals surface area (Å²) in [7, 11) is 0. The van der Waals surface area contributed by atoms with Gasteiger partial charge in [-0.25, -0.2) is 4.99 Å². The Morgan fingerprint density at radius 3 is 2.54 bits per heavy atom. The number of benzene rings is 2. The Morgan fingerprint density at radius 2 is 1.81 bits per heavy atom. The summed E-state index contributed by atoms with van der Waals surface area (Å²) >= 11 is 3.55. The first-order valence-electron chi connectivity index (χ1n) is 8.00. The average molecular weight is 402 g/mol. The number of halogens is 1. The van der Waals surface area contributed by atoms with Crippen LogP contribution >= 0.6 is 15.9 Å².